The molecule has 0 saturated heterocycles. The second-order valence-corrected chi connectivity index (χ2v) is 12.9. The summed E-state index contributed by atoms with van der Waals surface area (Å²) in [6.07, 6.45) is -0.286. The molecule has 0 aromatic heterocycles. The van der Waals surface area contributed by atoms with Crippen LogP contribution in [-0.2, 0) is 23.4 Å². The van der Waals surface area contributed by atoms with Gasteiger partial charge in [0.05, 0.1) is 18.0 Å². The highest BCUT2D eigenvalue weighted by Crippen LogP contribution is 2.32. The first-order valence-corrected chi connectivity index (χ1v) is 16.0. The van der Waals surface area contributed by atoms with Crippen LogP contribution in [0.5, 0.6) is 5.75 Å². The number of aliphatic carboxylic acids is 1. The molecular formula is C40H39ClN2O4. The van der Waals surface area contributed by atoms with Gasteiger partial charge in [-0.3, -0.25) is 9.59 Å². The van der Waals surface area contributed by atoms with Crippen molar-refractivity contribution in [3.63, 3.8) is 0 Å². The second kappa shape index (κ2) is 15.0. The van der Waals surface area contributed by atoms with Crippen LogP contribution >= 0.6 is 11.6 Å². The zero-order valence-electron chi connectivity index (χ0n) is 26.8. The molecule has 1 amide bonds. The monoisotopic (exact) mass is 646 g/mol. The normalized spacial score (nSPS) is 11.8. The maximum Gasteiger partial charge on any atom is 0.305 e. The van der Waals surface area contributed by atoms with E-state index in [1.807, 2.05) is 78.9 Å². The van der Waals surface area contributed by atoms with Crippen LogP contribution in [0.4, 0.5) is 5.69 Å². The Kier molecular flexibility index (Phi) is 10.6. The first-order chi connectivity index (χ1) is 22.6. The average Bonchev–Trinajstić information content (AvgIpc) is 3.06. The summed E-state index contributed by atoms with van der Waals surface area (Å²) in [5.74, 6) is -0.708. The molecule has 1 unspecified atom stereocenters. The third kappa shape index (κ3) is 9.02. The van der Waals surface area contributed by atoms with Gasteiger partial charge in [0.25, 0.3) is 5.91 Å². The number of anilines is 1. The number of hydrogen-bond donors (Lipinski definition) is 3. The molecule has 0 aliphatic rings. The smallest absolute Gasteiger partial charge is 0.305 e. The minimum Gasteiger partial charge on any atom is -0.488 e. The van der Waals surface area contributed by atoms with Crippen LogP contribution in [0.25, 0.3) is 11.1 Å². The minimum absolute atomic E-state index is 0.0572. The molecule has 5 aromatic rings. The third-order valence-corrected chi connectivity index (χ3v) is 8.20. The van der Waals surface area contributed by atoms with Gasteiger partial charge >= 0.3 is 5.97 Å². The van der Waals surface area contributed by atoms with E-state index in [1.54, 1.807) is 18.2 Å². The Hall–Kier alpha value is -5.07. The van der Waals surface area contributed by atoms with Crippen LogP contribution in [-0.4, -0.2) is 17.0 Å². The van der Waals surface area contributed by atoms with Crippen LogP contribution in [0.2, 0.25) is 5.02 Å². The largest absolute Gasteiger partial charge is 0.488 e. The highest BCUT2D eigenvalue weighted by molar-refractivity contribution is 6.31. The first kappa shape index (κ1) is 33.3. The molecule has 240 valence electrons. The number of ether oxygens (including phenoxy) is 1. The second-order valence-electron chi connectivity index (χ2n) is 12.5. The highest BCUT2D eigenvalue weighted by Gasteiger charge is 2.22. The number of benzene rings is 5. The Morgan fingerprint density at radius 2 is 1.49 bits per heavy atom. The lowest BCUT2D eigenvalue weighted by atomic mass is 9.87. The molecule has 5 aromatic carbocycles. The number of hydrogen-bond acceptors (Lipinski definition) is 4. The molecule has 0 heterocycles. The number of carboxylic acids is 1. The number of halogens is 1. The van der Waals surface area contributed by atoms with Crippen molar-refractivity contribution in [1.82, 2.24) is 5.32 Å². The van der Waals surface area contributed by atoms with E-state index in [0.717, 1.165) is 28.0 Å². The standard InChI is InChI=1S/C40H39ClN2O4/c1-40(2,3)31-19-13-27(14-20-31)25-42-35-22-21-32(41)23-34(35)39(46)43-36(24-38(44)45)30-17-15-29(16-18-30)33-11-7-8-12-37(33)47-26-28-9-5-4-6-10-28/h4-23,36,42H,24-26H2,1-3H3,(H,43,46)(H,44,45). The summed E-state index contributed by atoms with van der Waals surface area (Å²) in [6.45, 7) is 7.46. The van der Waals surface area contributed by atoms with E-state index in [0.29, 0.717) is 35.0 Å². The molecule has 3 N–H and O–H groups in total. The zero-order chi connectivity index (χ0) is 33.4. The maximum atomic E-state index is 13.7. The van der Waals surface area contributed by atoms with Crippen LogP contribution in [0.15, 0.2) is 121 Å². The van der Waals surface area contributed by atoms with Gasteiger partial charge in [0.15, 0.2) is 0 Å². The van der Waals surface area contributed by atoms with Gasteiger partial charge in [0.1, 0.15) is 12.4 Å². The highest BCUT2D eigenvalue weighted by atomic mass is 35.5. The number of carboxylic acid groups (broad SMARTS) is 1. The Labute approximate surface area is 281 Å². The van der Waals surface area contributed by atoms with Gasteiger partial charge < -0.3 is 20.5 Å². The van der Waals surface area contributed by atoms with Gasteiger partial charge in [-0.2, -0.15) is 0 Å². The number of para-hydroxylation sites is 1. The van der Waals surface area contributed by atoms with E-state index >= 15 is 0 Å². The van der Waals surface area contributed by atoms with Crippen LogP contribution in [0.3, 0.4) is 0 Å². The molecule has 1 atom stereocenters. The molecule has 47 heavy (non-hydrogen) atoms. The number of nitrogens with one attached hydrogen (secondary N) is 2. The molecule has 0 saturated carbocycles. The van der Waals surface area contributed by atoms with Crippen molar-refractivity contribution in [2.75, 3.05) is 5.32 Å². The van der Waals surface area contributed by atoms with Crippen LogP contribution < -0.4 is 15.4 Å². The van der Waals surface area contributed by atoms with Crippen molar-refractivity contribution in [2.45, 2.75) is 51.8 Å². The van der Waals surface area contributed by atoms with Crippen molar-refractivity contribution < 1.29 is 19.4 Å². The molecule has 0 spiro atoms. The van der Waals surface area contributed by atoms with Crippen molar-refractivity contribution in [2.24, 2.45) is 0 Å². The lowest BCUT2D eigenvalue weighted by Gasteiger charge is -2.20. The van der Waals surface area contributed by atoms with E-state index < -0.39 is 17.9 Å². The fourth-order valence-electron chi connectivity index (χ4n) is 5.30. The lowest BCUT2D eigenvalue weighted by molar-refractivity contribution is -0.137. The molecule has 7 heteroatoms. The van der Waals surface area contributed by atoms with Gasteiger partial charge in [-0.1, -0.05) is 129 Å². The summed E-state index contributed by atoms with van der Waals surface area (Å²) < 4.78 is 6.15. The van der Waals surface area contributed by atoms with E-state index in [2.05, 4.69) is 55.7 Å². The molecule has 0 radical (unpaired) electrons. The van der Waals surface area contributed by atoms with Crippen molar-refractivity contribution in [3.8, 4) is 16.9 Å². The van der Waals surface area contributed by atoms with E-state index in [9.17, 15) is 14.7 Å². The Balaban J connectivity index is 1.32. The minimum atomic E-state index is -1.03. The molecule has 0 aliphatic heterocycles. The van der Waals surface area contributed by atoms with E-state index in [4.69, 9.17) is 16.3 Å². The predicted molar refractivity (Wildman–Crippen MR) is 189 cm³/mol. The van der Waals surface area contributed by atoms with Gasteiger partial charge in [-0.15, -0.1) is 0 Å². The van der Waals surface area contributed by atoms with Gasteiger partial charge in [0.2, 0.25) is 0 Å². The van der Waals surface area contributed by atoms with Gasteiger partial charge in [0, 0.05) is 22.8 Å². The molecule has 0 aliphatic carbocycles. The van der Waals surface area contributed by atoms with E-state index in [-0.39, 0.29) is 11.8 Å². The van der Waals surface area contributed by atoms with Crippen LogP contribution in [0.1, 0.15) is 65.8 Å². The third-order valence-electron chi connectivity index (χ3n) is 7.96. The quantitative estimate of drug-likeness (QED) is 0.126. The predicted octanol–water partition coefficient (Wildman–Crippen LogP) is 9.44. The molecular weight excluding hydrogens is 608 g/mol. The number of carbonyl (C=O) groups excluding carboxylic acids is 1. The fourth-order valence-corrected chi connectivity index (χ4v) is 5.47. The molecule has 0 fully saturated rings. The summed E-state index contributed by atoms with van der Waals surface area (Å²) >= 11 is 6.31. The number of amides is 1. The fraction of sp³-hybridized carbons (Fsp3) is 0.200. The summed E-state index contributed by atoms with van der Waals surface area (Å²) in [6, 6.07) is 37.9. The zero-order valence-corrected chi connectivity index (χ0v) is 27.6. The Morgan fingerprint density at radius 3 is 2.17 bits per heavy atom. The van der Waals surface area contributed by atoms with Crippen molar-refractivity contribution >= 4 is 29.2 Å². The summed E-state index contributed by atoms with van der Waals surface area (Å²) in [7, 11) is 0. The Bertz CT molecular complexity index is 1810. The lowest BCUT2D eigenvalue weighted by Crippen LogP contribution is -2.30. The maximum absolute atomic E-state index is 13.7. The van der Waals surface area contributed by atoms with Gasteiger partial charge in [-0.05, 0) is 57.5 Å². The van der Waals surface area contributed by atoms with Crippen molar-refractivity contribution in [3.05, 3.63) is 154 Å². The summed E-state index contributed by atoms with van der Waals surface area (Å²) in [5.41, 5.74) is 6.86. The van der Waals surface area contributed by atoms with Gasteiger partial charge in [-0.25, -0.2) is 0 Å². The molecule has 0 bridgehead atoms. The number of rotatable bonds is 12. The van der Waals surface area contributed by atoms with Crippen molar-refractivity contribution in [1.29, 1.82) is 0 Å². The molecule has 5 rings (SSSR count). The first-order valence-electron chi connectivity index (χ1n) is 15.6. The Morgan fingerprint density at radius 1 is 0.809 bits per heavy atom. The van der Waals surface area contributed by atoms with Crippen LogP contribution in [0, 0.1) is 0 Å². The SMILES string of the molecule is CC(C)(C)c1ccc(CNc2ccc(Cl)cc2C(=O)NC(CC(=O)O)c2ccc(-c3ccccc3OCc3ccccc3)cc2)cc1. The summed E-state index contributed by atoms with van der Waals surface area (Å²) in [5, 5.41) is 16.4. The topological polar surface area (TPSA) is 87.7 Å². The van der Waals surface area contributed by atoms with E-state index in [1.165, 1.54) is 5.56 Å². The summed E-state index contributed by atoms with van der Waals surface area (Å²) in [4.78, 5) is 25.5. The average molecular weight is 647 g/mol. The molecule has 6 nitrogen and oxygen atoms in total. The number of carbonyl (C=O) groups is 2.